The number of benzene rings is 1. The molecule has 1 heterocycles. The van der Waals surface area contributed by atoms with Crippen molar-refractivity contribution in [2.75, 3.05) is 20.3 Å². The van der Waals surface area contributed by atoms with Crippen LogP contribution in [0, 0.1) is 0 Å². The van der Waals surface area contributed by atoms with E-state index in [-0.39, 0.29) is 12.4 Å². The zero-order chi connectivity index (χ0) is 9.97. The Labute approximate surface area is 104 Å². The van der Waals surface area contributed by atoms with Crippen molar-refractivity contribution < 1.29 is 9.47 Å². The van der Waals surface area contributed by atoms with E-state index >= 15 is 0 Å². The average molecular weight is 295 g/mol. The number of fused-ring (bicyclic) bond motifs is 1. The van der Waals surface area contributed by atoms with Gasteiger partial charge in [-0.3, -0.25) is 0 Å². The predicted octanol–water partition coefficient (Wildman–Crippen LogP) is 2.36. The van der Waals surface area contributed by atoms with E-state index in [1.165, 1.54) is 0 Å². The summed E-state index contributed by atoms with van der Waals surface area (Å²) in [7, 11) is 1.66. The van der Waals surface area contributed by atoms with Crippen LogP contribution in [0.1, 0.15) is 5.56 Å². The van der Waals surface area contributed by atoms with E-state index in [9.17, 15) is 0 Å². The summed E-state index contributed by atoms with van der Waals surface area (Å²) in [5.41, 5.74) is 1.13. The predicted molar refractivity (Wildman–Crippen MR) is 65.1 cm³/mol. The summed E-state index contributed by atoms with van der Waals surface area (Å²) >= 11 is 3.50. The lowest BCUT2D eigenvalue weighted by Gasteiger charge is -2.12. The molecule has 0 amide bonds. The van der Waals surface area contributed by atoms with Gasteiger partial charge in [0.05, 0.1) is 7.11 Å². The monoisotopic (exact) mass is 293 g/mol. The molecule has 1 aliphatic heterocycles. The van der Waals surface area contributed by atoms with Gasteiger partial charge in [-0.2, -0.15) is 0 Å². The Kier molecular flexibility index (Phi) is 4.70. The van der Waals surface area contributed by atoms with E-state index in [2.05, 4.69) is 21.2 Å². The minimum absolute atomic E-state index is 0. The van der Waals surface area contributed by atoms with Crippen molar-refractivity contribution in [1.82, 2.24) is 5.32 Å². The van der Waals surface area contributed by atoms with Crippen LogP contribution in [0.4, 0.5) is 0 Å². The molecule has 0 atom stereocenters. The minimum atomic E-state index is 0. The molecule has 1 aromatic rings. The SMILES string of the molecule is COc1ccc(Br)c2c1OCCNC2.Cl. The van der Waals surface area contributed by atoms with Crippen molar-refractivity contribution in [3.63, 3.8) is 0 Å². The average Bonchev–Trinajstić information content (AvgIpc) is 2.44. The third-order valence-electron chi connectivity index (χ3n) is 2.21. The molecule has 0 saturated heterocycles. The summed E-state index contributed by atoms with van der Waals surface area (Å²) in [5.74, 6) is 1.65. The third kappa shape index (κ3) is 2.56. The Balaban J connectivity index is 0.00000112. The van der Waals surface area contributed by atoms with Crippen LogP contribution in [-0.2, 0) is 6.54 Å². The van der Waals surface area contributed by atoms with Crippen LogP contribution in [-0.4, -0.2) is 20.3 Å². The van der Waals surface area contributed by atoms with Gasteiger partial charge in [-0.25, -0.2) is 0 Å². The summed E-state index contributed by atoms with van der Waals surface area (Å²) < 4.78 is 11.9. The van der Waals surface area contributed by atoms with Gasteiger partial charge in [0.1, 0.15) is 6.61 Å². The van der Waals surface area contributed by atoms with Crippen LogP contribution in [0.15, 0.2) is 16.6 Å². The minimum Gasteiger partial charge on any atom is -0.493 e. The first-order valence-electron chi connectivity index (χ1n) is 4.52. The molecule has 5 heteroatoms. The van der Waals surface area contributed by atoms with Crippen LogP contribution < -0.4 is 14.8 Å². The van der Waals surface area contributed by atoms with Crippen molar-refractivity contribution in [2.45, 2.75) is 6.54 Å². The largest absolute Gasteiger partial charge is 0.493 e. The lowest BCUT2D eigenvalue weighted by Crippen LogP contribution is -2.16. The van der Waals surface area contributed by atoms with E-state index < -0.39 is 0 Å². The first-order valence-corrected chi connectivity index (χ1v) is 5.31. The second kappa shape index (κ2) is 5.58. The topological polar surface area (TPSA) is 30.5 Å². The molecule has 0 saturated carbocycles. The molecule has 0 aromatic heterocycles. The van der Waals surface area contributed by atoms with Gasteiger partial charge in [-0.15, -0.1) is 12.4 Å². The van der Waals surface area contributed by atoms with Gasteiger partial charge in [0, 0.05) is 23.1 Å². The second-order valence-electron chi connectivity index (χ2n) is 3.08. The zero-order valence-corrected chi connectivity index (χ0v) is 10.8. The second-order valence-corrected chi connectivity index (χ2v) is 3.94. The Morgan fingerprint density at radius 3 is 3.00 bits per heavy atom. The fourth-order valence-electron chi connectivity index (χ4n) is 1.50. The molecule has 0 bridgehead atoms. The van der Waals surface area contributed by atoms with E-state index in [4.69, 9.17) is 9.47 Å². The number of halogens is 2. The lowest BCUT2D eigenvalue weighted by atomic mass is 10.2. The molecule has 1 N–H and O–H groups in total. The summed E-state index contributed by atoms with van der Waals surface area (Å²) in [4.78, 5) is 0. The van der Waals surface area contributed by atoms with E-state index in [0.717, 1.165) is 34.6 Å². The molecule has 0 spiro atoms. The van der Waals surface area contributed by atoms with Crippen LogP contribution in [0.2, 0.25) is 0 Å². The number of nitrogens with one attached hydrogen (secondary N) is 1. The molecule has 0 aliphatic carbocycles. The molecule has 1 aromatic carbocycles. The maximum atomic E-state index is 5.63. The summed E-state index contributed by atoms with van der Waals surface area (Å²) in [5, 5.41) is 3.29. The van der Waals surface area contributed by atoms with E-state index in [1.807, 2.05) is 12.1 Å². The molecule has 0 fully saturated rings. The molecular formula is C10H13BrClNO2. The van der Waals surface area contributed by atoms with Gasteiger partial charge < -0.3 is 14.8 Å². The molecule has 15 heavy (non-hydrogen) atoms. The van der Waals surface area contributed by atoms with Crippen molar-refractivity contribution in [1.29, 1.82) is 0 Å². The summed E-state index contributed by atoms with van der Waals surface area (Å²) in [6, 6.07) is 3.89. The van der Waals surface area contributed by atoms with Gasteiger partial charge in [0.25, 0.3) is 0 Å². The Morgan fingerprint density at radius 1 is 1.47 bits per heavy atom. The molecular weight excluding hydrogens is 281 g/mol. The Bertz CT molecular complexity index is 346. The molecule has 3 nitrogen and oxygen atoms in total. The van der Waals surface area contributed by atoms with Gasteiger partial charge in [-0.1, -0.05) is 15.9 Å². The highest BCUT2D eigenvalue weighted by Crippen LogP contribution is 2.36. The standard InChI is InChI=1S/C10H12BrNO2.ClH/c1-13-9-3-2-8(11)7-6-12-4-5-14-10(7)9;/h2-3,12H,4-6H2,1H3;1H. The fraction of sp³-hybridized carbons (Fsp3) is 0.400. The van der Waals surface area contributed by atoms with Gasteiger partial charge >= 0.3 is 0 Å². The van der Waals surface area contributed by atoms with Gasteiger partial charge in [-0.05, 0) is 12.1 Å². The van der Waals surface area contributed by atoms with E-state index in [0.29, 0.717) is 6.61 Å². The number of methoxy groups -OCH3 is 1. The molecule has 84 valence electrons. The molecule has 0 radical (unpaired) electrons. The highest BCUT2D eigenvalue weighted by molar-refractivity contribution is 9.10. The van der Waals surface area contributed by atoms with Crippen molar-refractivity contribution >= 4 is 28.3 Å². The van der Waals surface area contributed by atoms with Crippen LogP contribution in [0.25, 0.3) is 0 Å². The van der Waals surface area contributed by atoms with E-state index in [1.54, 1.807) is 7.11 Å². The van der Waals surface area contributed by atoms with Gasteiger partial charge in [0.2, 0.25) is 0 Å². The number of ether oxygens (including phenoxy) is 2. The molecule has 2 rings (SSSR count). The van der Waals surface area contributed by atoms with Crippen molar-refractivity contribution in [3.8, 4) is 11.5 Å². The van der Waals surface area contributed by atoms with Crippen LogP contribution in [0.3, 0.4) is 0 Å². The van der Waals surface area contributed by atoms with Crippen LogP contribution >= 0.6 is 28.3 Å². The quantitative estimate of drug-likeness (QED) is 0.862. The fourth-order valence-corrected chi connectivity index (χ4v) is 1.96. The summed E-state index contributed by atoms with van der Waals surface area (Å²) in [6.45, 7) is 2.36. The molecule has 0 unspecified atom stereocenters. The number of hydrogen-bond acceptors (Lipinski definition) is 3. The normalized spacial score (nSPS) is 14.3. The van der Waals surface area contributed by atoms with Crippen molar-refractivity contribution in [3.05, 3.63) is 22.2 Å². The highest BCUT2D eigenvalue weighted by Gasteiger charge is 2.16. The zero-order valence-electron chi connectivity index (χ0n) is 8.38. The summed E-state index contributed by atoms with van der Waals surface area (Å²) in [6.07, 6.45) is 0. The van der Waals surface area contributed by atoms with Crippen molar-refractivity contribution in [2.24, 2.45) is 0 Å². The first kappa shape index (κ1) is 12.6. The first-order chi connectivity index (χ1) is 6.83. The number of rotatable bonds is 1. The Hall–Kier alpha value is -0.450. The molecule has 1 aliphatic rings. The number of hydrogen-bond donors (Lipinski definition) is 1. The third-order valence-corrected chi connectivity index (χ3v) is 2.96. The van der Waals surface area contributed by atoms with Crippen LogP contribution in [0.5, 0.6) is 11.5 Å². The highest BCUT2D eigenvalue weighted by atomic mass is 79.9. The smallest absolute Gasteiger partial charge is 0.166 e. The maximum absolute atomic E-state index is 5.63. The van der Waals surface area contributed by atoms with Gasteiger partial charge in [0.15, 0.2) is 11.5 Å². The maximum Gasteiger partial charge on any atom is 0.166 e. The lowest BCUT2D eigenvalue weighted by molar-refractivity contribution is 0.301. The Morgan fingerprint density at radius 2 is 2.27 bits per heavy atom.